The lowest BCUT2D eigenvalue weighted by Crippen LogP contribution is -2.11. The van der Waals surface area contributed by atoms with Crippen LogP contribution in [0, 0.1) is 6.92 Å². The first kappa shape index (κ1) is 19.4. The van der Waals surface area contributed by atoms with Gasteiger partial charge in [-0.1, -0.05) is 11.6 Å². The molecule has 0 unspecified atom stereocenters. The van der Waals surface area contributed by atoms with Crippen molar-refractivity contribution in [1.29, 1.82) is 0 Å². The zero-order chi connectivity index (χ0) is 20.4. The van der Waals surface area contributed by atoms with Crippen molar-refractivity contribution in [3.05, 3.63) is 77.2 Å². The number of hydrogen-bond acceptors (Lipinski definition) is 6. The van der Waals surface area contributed by atoms with Crippen LogP contribution in [-0.2, 0) is 10.0 Å². The molecule has 0 spiro atoms. The first-order valence-electron chi connectivity index (χ1n) is 8.44. The van der Waals surface area contributed by atoms with Crippen molar-refractivity contribution in [3.8, 4) is 17.4 Å². The van der Waals surface area contributed by atoms with Gasteiger partial charge in [-0.2, -0.15) is 4.98 Å². The molecule has 3 aromatic heterocycles. The lowest BCUT2D eigenvalue weighted by atomic mass is 10.3. The average molecular weight is 447 g/mol. The third-order valence-corrected chi connectivity index (χ3v) is 6.92. The van der Waals surface area contributed by atoms with E-state index in [-0.39, 0.29) is 4.21 Å². The Morgan fingerprint density at radius 1 is 1.07 bits per heavy atom. The van der Waals surface area contributed by atoms with Crippen LogP contribution < -0.4 is 9.46 Å². The SMILES string of the molecule is Cc1nc(Oc2ccc(NS(=O)(=O)c3ccc(Cl)s3)cc2)cc(-n2cccc2)n1. The Morgan fingerprint density at radius 3 is 2.45 bits per heavy atom. The summed E-state index contributed by atoms with van der Waals surface area (Å²) >= 11 is 6.81. The van der Waals surface area contributed by atoms with E-state index in [2.05, 4.69) is 14.7 Å². The van der Waals surface area contributed by atoms with E-state index in [0.29, 0.717) is 33.3 Å². The van der Waals surface area contributed by atoms with Gasteiger partial charge in [0.25, 0.3) is 10.0 Å². The van der Waals surface area contributed by atoms with Crippen molar-refractivity contribution in [2.24, 2.45) is 0 Å². The van der Waals surface area contributed by atoms with Crippen LogP contribution in [0.5, 0.6) is 11.6 Å². The number of sulfonamides is 1. The molecular weight excluding hydrogens is 432 g/mol. The Bertz CT molecular complexity index is 1240. The highest BCUT2D eigenvalue weighted by Crippen LogP contribution is 2.28. The molecule has 0 amide bonds. The number of nitrogens with one attached hydrogen (secondary N) is 1. The molecule has 0 bridgehead atoms. The van der Waals surface area contributed by atoms with E-state index in [0.717, 1.165) is 11.3 Å². The van der Waals surface area contributed by atoms with E-state index in [9.17, 15) is 8.42 Å². The molecule has 4 rings (SSSR count). The van der Waals surface area contributed by atoms with E-state index >= 15 is 0 Å². The second-order valence-corrected chi connectivity index (χ2v) is 9.62. The van der Waals surface area contributed by atoms with Gasteiger partial charge in [-0.3, -0.25) is 4.72 Å². The van der Waals surface area contributed by atoms with Crippen LogP contribution >= 0.6 is 22.9 Å². The highest BCUT2D eigenvalue weighted by Gasteiger charge is 2.16. The van der Waals surface area contributed by atoms with Gasteiger partial charge in [0.1, 0.15) is 21.6 Å². The minimum atomic E-state index is -3.68. The van der Waals surface area contributed by atoms with Gasteiger partial charge in [-0.25, -0.2) is 13.4 Å². The van der Waals surface area contributed by atoms with Crippen LogP contribution in [0.3, 0.4) is 0 Å². The van der Waals surface area contributed by atoms with E-state index < -0.39 is 10.0 Å². The molecule has 0 aliphatic carbocycles. The van der Waals surface area contributed by atoms with E-state index in [1.165, 1.54) is 6.07 Å². The fourth-order valence-corrected chi connectivity index (χ4v) is 5.10. The van der Waals surface area contributed by atoms with Crippen molar-refractivity contribution in [3.63, 3.8) is 0 Å². The Morgan fingerprint density at radius 2 is 1.79 bits per heavy atom. The number of thiophene rings is 1. The molecule has 1 N–H and O–H groups in total. The Kier molecular flexibility index (Phi) is 5.27. The van der Waals surface area contributed by atoms with E-state index in [1.807, 2.05) is 29.1 Å². The molecule has 0 aliphatic rings. The standard InChI is InChI=1S/C19H15ClN4O3S2/c1-13-21-17(24-10-2-3-11-24)12-18(22-13)27-15-6-4-14(5-7-15)23-29(25,26)19-9-8-16(20)28-19/h2-12,23H,1H3. The number of ether oxygens (including phenoxy) is 1. The van der Waals surface area contributed by atoms with Crippen LogP contribution in [0.2, 0.25) is 4.34 Å². The summed E-state index contributed by atoms with van der Waals surface area (Å²) in [5, 5.41) is 0. The maximum atomic E-state index is 12.4. The highest BCUT2D eigenvalue weighted by molar-refractivity contribution is 7.94. The van der Waals surface area contributed by atoms with Gasteiger partial charge in [0.2, 0.25) is 5.88 Å². The number of halogens is 1. The molecule has 0 atom stereocenters. The van der Waals surface area contributed by atoms with Crippen LogP contribution in [0.15, 0.2) is 71.2 Å². The Labute approximate surface area is 176 Å². The van der Waals surface area contributed by atoms with Crippen molar-refractivity contribution in [2.45, 2.75) is 11.1 Å². The predicted molar refractivity (Wildman–Crippen MR) is 113 cm³/mol. The van der Waals surface area contributed by atoms with E-state index in [4.69, 9.17) is 16.3 Å². The van der Waals surface area contributed by atoms with Gasteiger partial charge in [-0.15, -0.1) is 11.3 Å². The van der Waals surface area contributed by atoms with Crippen molar-refractivity contribution in [1.82, 2.24) is 14.5 Å². The molecule has 0 aliphatic heterocycles. The van der Waals surface area contributed by atoms with Gasteiger partial charge in [0.15, 0.2) is 0 Å². The second-order valence-electron chi connectivity index (χ2n) is 5.99. The largest absolute Gasteiger partial charge is 0.439 e. The quantitative estimate of drug-likeness (QED) is 0.456. The summed E-state index contributed by atoms with van der Waals surface area (Å²) in [5.74, 6) is 2.17. The predicted octanol–water partition coefficient (Wildman–Crippen LogP) is 4.88. The first-order valence-corrected chi connectivity index (χ1v) is 11.1. The second kappa shape index (κ2) is 7.86. The van der Waals surface area contributed by atoms with Crippen LogP contribution in [-0.4, -0.2) is 23.0 Å². The van der Waals surface area contributed by atoms with Gasteiger partial charge in [0.05, 0.1) is 4.34 Å². The minimum Gasteiger partial charge on any atom is -0.439 e. The summed E-state index contributed by atoms with van der Waals surface area (Å²) in [5.41, 5.74) is 0.411. The molecule has 7 nitrogen and oxygen atoms in total. The molecule has 0 saturated heterocycles. The summed E-state index contributed by atoms with van der Waals surface area (Å²) in [6, 6.07) is 15.1. The van der Waals surface area contributed by atoms with Crippen molar-refractivity contribution < 1.29 is 13.2 Å². The molecule has 1 aromatic carbocycles. The maximum Gasteiger partial charge on any atom is 0.271 e. The highest BCUT2D eigenvalue weighted by atomic mass is 35.5. The topological polar surface area (TPSA) is 86.1 Å². The zero-order valence-corrected chi connectivity index (χ0v) is 17.5. The summed E-state index contributed by atoms with van der Waals surface area (Å²) in [7, 11) is -3.68. The lowest BCUT2D eigenvalue weighted by Gasteiger charge is -2.10. The Balaban J connectivity index is 1.50. The van der Waals surface area contributed by atoms with Crippen LogP contribution in [0.4, 0.5) is 5.69 Å². The molecular formula is C19H15ClN4O3S2. The molecule has 29 heavy (non-hydrogen) atoms. The number of anilines is 1. The van der Waals surface area contributed by atoms with Gasteiger partial charge in [-0.05, 0) is 55.5 Å². The summed E-state index contributed by atoms with van der Waals surface area (Å²) in [6.45, 7) is 1.79. The number of rotatable bonds is 6. The minimum absolute atomic E-state index is 0.150. The normalized spacial score (nSPS) is 11.4. The van der Waals surface area contributed by atoms with Gasteiger partial charge >= 0.3 is 0 Å². The average Bonchev–Trinajstić information content (AvgIpc) is 3.35. The maximum absolute atomic E-state index is 12.4. The summed E-state index contributed by atoms with van der Waals surface area (Å²) < 4.78 is 35.5. The Hall–Kier alpha value is -2.88. The number of aromatic nitrogens is 3. The molecule has 148 valence electrons. The fraction of sp³-hybridized carbons (Fsp3) is 0.0526. The molecule has 4 aromatic rings. The molecule has 0 radical (unpaired) electrons. The molecule has 10 heteroatoms. The monoisotopic (exact) mass is 446 g/mol. The number of benzene rings is 1. The third-order valence-electron chi connectivity index (χ3n) is 3.81. The molecule has 0 fully saturated rings. The number of aryl methyl sites for hydroxylation is 1. The van der Waals surface area contributed by atoms with E-state index in [1.54, 1.807) is 43.3 Å². The summed E-state index contributed by atoms with van der Waals surface area (Å²) in [4.78, 5) is 8.68. The third kappa shape index (κ3) is 4.58. The molecule has 0 saturated carbocycles. The van der Waals surface area contributed by atoms with Crippen molar-refractivity contribution in [2.75, 3.05) is 4.72 Å². The number of hydrogen-bond donors (Lipinski definition) is 1. The van der Waals surface area contributed by atoms with Gasteiger partial charge < -0.3 is 9.30 Å². The van der Waals surface area contributed by atoms with Crippen molar-refractivity contribution >= 4 is 38.6 Å². The zero-order valence-electron chi connectivity index (χ0n) is 15.1. The smallest absolute Gasteiger partial charge is 0.271 e. The lowest BCUT2D eigenvalue weighted by molar-refractivity contribution is 0.459. The van der Waals surface area contributed by atoms with Crippen LogP contribution in [0.1, 0.15) is 5.82 Å². The van der Waals surface area contributed by atoms with Crippen LogP contribution in [0.25, 0.3) is 5.82 Å². The first-order chi connectivity index (χ1) is 13.9. The summed E-state index contributed by atoms with van der Waals surface area (Å²) in [6.07, 6.45) is 3.76. The fourth-order valence-electron chi connectivity index (χ4n) is 2.56. The van der Waals surface area contributed by atoms with Gasteiger partial charge in [0, 0.05) is 24.1 Å². The molecule has 3 heterocycles. The number of nitrogens with zero attached hydrogens (tertiary/aromatic N) is 3.